The van der Waals surface area contributed by atoms with E-state index in [4.69, 9.17) is 0 Å². The Balaban J connectivity index is 1.25. The Kier molecular flexibility index (Phi) is 5.78. The van der Waals surface area contributed by atoms with E-state index in [1.807, 2.05) is 24.1 Å². The third-order valence-electron chi connectivity index (χ3n) is 6.63. The number of amides is 2. The Morgan fingerprint density at radius 1 is 1.06 bits per heavy atom. The summed E-state index contributed by atoms with van der Waals surface area (Å²) in [5.74, 6) is 0.114. The topological polar surface area (TPSA) is 67.2 Å². The van der Waals surface area contributed by atoms with E-state index in [1.54, 1.807) is 12.1 Å². The van der Waals surface area contributed by atoms with E-state index in [2.05, 4.69) is 20.9 Å². The molecule has 2 amide bonds. The van der Waals surface area contributed by atoms with Gasteiger partial charge >= 0.3 is 0 Å². The molecule has 0 radical (unpaired) electrons. The molecule has 1 aromatic carbocycles. The lowest BCUT2D eigenvalue weighted by Gasteiger charge is -2.31. The van der Waals surface area contributed by atoms with Crippen LogP contribution in [0.25, 0.3) is 16.9 Å². The second-order valence-corrected chi connectivity index (χ2v) is 9.86. The molecule has 33 heavy (non-hydrogen) atoms. The molecule has 0 bridgehead atoms. The second-order valence-electron chi connectivity index (χ2n) is 9.00. The number of aryl methyl sites for hydroxylation is 1. The highest BCUT2D eigenvalue weighted by atomic mass is 32.1. The fraction of sp³-hybridized carbons (Fsp3) is 0.400. The number of hydrogen-bond donors (Lipinski definition) is 1. The molecule has 172 valence electrons. The van der Waals surface area contributed by atoms with Gasteiger partial charge in [-0.1, -0.05) is 0 Å². The summed E-state index contributed by atoms with van der Waals surface area (Å²) in [4.78, 5) is 31.6. The van der Waals surface area contributed by atoms with E-state index in [1.165, 1.54) is 23.5 Å². The Labute approximate surface area is 196 Å². The number of nitrogens with one attached hydrogen (secondary N) is 1. The van der Waals surface area contributed by atoms with E-state index in [-0.39, 0.29) is 29.5 Å². The molecule has 1 aliphatic carbocycles. The molecule has 1 saturated heterocycles. The fourth-order valence-electron chi connectivity index (χ4n) is 4.62. The average Bonchev–Trinajstić information content (AvgIpc) is 3.50. The molecule has 6 nitrogen and oxygen atoms in total. The second kappa shape index (κ2) is 8.74. The van der Waals surface area contributed by atoms with Crippen LogP contribution in [-0.2, 0) is 9.59 Å². The molecule has 5 rings (SSSR count). The van der Waals surface area contributed by atoms with Gasteiger partial charge in [0.1, 0.15) is 5.82 Å². The molecule has 1 N–H and O–H groups in total. The van der Waals surface area contributed by atoms with E-state index >= 15 is 0 Å². The normalized spacial score (nSPS) is 16.8. The van der Waals surface area contributed by atoms with E-state index in [0.717, 1.165) is 41.2 Å². The number of benzene rings is 1. The molecule has 0 unspecified atom stereocenters. The van der Waals surface area contributed by atoms with Crippen LogP contribution in [-0.4, -0.2) is 39.4 Å². The standard InChI is InChI=1S/C25H27FN4O2S/c1-15-13-21(16(2)30(15)20-7-5-19(26)6-8-20)22-14-33-25(27-22)28-23(31)17-9-11-29(12-10-17)24(32)18-3-4-18/h5-8,13-14,17-18H,3-4,9-12H2,1-2H3,(H,27,28,31). The van der Waals surface area contributed by atoms with Gasteiger partial charge in [-0.3, -0.25) is 9.59 Å². The van der Waals surface area contributed by atoms with Crippen molar-refractivity contribution in [1.82, 2.24) is 14.5 Å². The Morgan fingerprint density at radius 3 is 2.42 bits per heavy atom. The minimum atomic E-state index is -0.262. The van der Waals surface area contributed by atoms with E-state index in [9.17, 15) is 14.0 Å². The first-order valence-corrected chi connectivity index (χ1v) is 12.3. The van der Waals surface area contributed by atoms with Gasteiger partial charge in [0.05, 0.1) is 5.69 Å². The Morgan fingerprint density at radius 2 is 1.76 bits per heavy atom. The maximum atomic E-state index is 13.3. The van der Waals surface area contributed by atoms with Gasteiger partial charge in [-0.2, -0.15) is 0 Å². The monoisotopic (exact) mass is 466 g/mol. The van der Waals surface area contributed by atoms with Crippen molar-refractivity contribution in [2.45, 2.75) is 39.5 Å². The predicted molar refractivity (Wildman–Crippen MR) is 127 cm³/mol. The van der Waals surface area contributed by atoms with Crippen LogP contribution in [0, 0.1) is 31.5 Å². The highest BCUT2D eigenvalue weighted by Crippen LogP contribution is 2.34. The smallest absolute Gasteiger partial charge is 0.229 e. The van der Waals surface area contributed by atoms with Crippen molar-refractivity contribution in [1.29, 1.82) is 0 Å². The predicted octanol–water partition coefficient (Wildman–Crippen LogP) is 4.94. The van der Waals surface area contributed by atoms with Crippen molar-refractivity contribution in [3.8, 4) is 16.9 Å². The van der Waals surface area contributed by atoms with Gasteiger partial charge in [-0.15, -0.1) is 11.3 Å². The van der Waals surface area contributed by atoms with Crippen molar-refractivity contribution in [3.05, 3.63) is 52.9 Å². The molecular weight excluding hydrogens is 439 g/mol. The van der Waals surface area contributed by atoms with Crippen LogP contribution in [0.5, 0.6) is 0 Å². The summed E-state index contributed by atoms with van der Waals surface area (Å²) in [6.45, 7) is 5.34. The van der Waals surface area contributed by atoms with Gasteiger partial charge in [0.15, 0.2) is 5.13 Å². The first-order valence-electron chi connectivity index (χ1n) is 11.4. The van der Waals surface area contributed by atoms with E-state index < -0.39 is 0 Å². The van der Waals surface area contributed by atoms with Crippen molar-refractivity contribution < 1.29 is 14.0 Å². The first kappa shape index (κ1) is 21.8. The molecule has 0 spiro atoms. The maximum Gasteiger partial charge on any atom is 0.229 e. The van der Waals surface area contributed by atoms with Crippen molar-refractivity contribution in [2.75, 3.05) is 18.4 Å². The number of carbonyl (C=O) groups excluding carboxylic acids is 2. The number of aromatic nitrogens is 2. The number of likely N-dealkylation sites (tertiary alicyclic amines) is 1. The van der Waals surface area contributed by atoms with Gasteiger partial charge in [0.2, 0.25) is 11.8 Å². The third kappa shape index (κ3) is 4.44. The van der Waals surface area contributed by atoms with Crippen molar-refractivity contribution in [2.24, 2.45) is 11.8 Å². The molecule has 0 atom stereocenters. The van der Waals surface area contributed by atoms with Gasteiger partial charge in [0, 0.05) is 52.9 Å². The average molecular weight is 467 g/mol. The summed E-state index contributed by atoms with van der Waals surface area (Å²) in [6.07, 6.45) is 3.42. The van der Waals surface area contributed by atoms with Gasteiger partial charge in [-0.25, -0.2) is 9.37 Å². The third-order valence-corrected chi connectivity index (χ3v) is 7.39. The lowest BCUT2D eigenvalue weighted by Crippen LogP contribution is -2.42. The summed E-state index contributed by atoms with van der Waals surface area (Å²) in [5.41, 5.74) is 4.73. The highest BCUT2D eigenvalue weighted by molar-refractivity contribution is 7.14. The minimum Gasteiger partial charge on any atom is -0.342 e. The lowest BCUT2D eigenvalue weighted by molar-refractivity contribution is -0.135. The summed E-state index contributed by atoms with van der Waals surface area (Å²) in [7, 11) is 0. The molecule has 3 heterocycles. The zero-order chi connectivity index (χ0) is 23.1. The number of rotatable bonds is 5. The quantitative estimate of drug-likeness (QED) is 0.579. The van der Waals surface area contributed by atoms with Crippen LogP contribution < -0.4 is 5.32 Å². The number of halogens is 1. The number of anilines is 1. The van der Waals surface area contributed by atoms with Crippen LogP contribution in [0.3, 0.4) is 0 Å². The fourth-order valence-corrected chi connectivity index (χ4v) is 5.34. The number of thiazole rings is 1. The van der Waals surface area contributed by atoms with Gasteiger partial charge in [0.25, 0.3) is 0 Å². The molecule has 8 heteroatoms. The maximum absolute atomic E-state index is 13.3. The van der Waals surface area contributed by atoms with Crippen molar-refractivity contribution in [3.63, 3.8) is 0 Å². The minimum absolute atomic E-state index is 0.0220. The number of piperidine rings is 1. The number of hydrogen-bond acceptors (Lipinski definition) is 4. The van der Waals surface area contributed by atoms with Gasteiger partial charge in [-0.05, 0) is 69.9 Å². The van der Waals surface area contributed by atoms with Gasteiger partial charge < -0.3 is 14.8 Å². The molecule has 2 aliphatic rings. The SMILES string of the molecule is Cc1cc(-c2csc(NC(=O)C3CCN(C(=O)C4CC4)CC3)n2)c(C)n1-c1ccc(F)cc1. The number of nitrogens with zero attached hydrogens (tertiary/aromatic N) is 3. The van der Waals surface area contributed by atoms with Crippen LogP contribution in [0.2, 0.25) is 0 Å². The van der Waals surface area contributed by atoms with Crippen LogP contribution >= 0.6 is 11.3 Å². The summed E-state index contributed by atoms with van der Waals surface area (Å²) in [6, 6.07) is 8.49. The Bertz CT molecular complexity index is 1190. The van der Waals surface area contributed by atoms with E-state index in [0.29, 0.717) is 31.1 Å². The molecule has 1 saturated carbocycles. The zero-order valence-electron chi connectivity index (χ0n) is 18.8. The van der Waals surface area contributed by atoms with Crippen molar-refractivity contribution >= 4 is 28.3 Å². The first-order chi connectivity index (χ1) is 15.9. The zero-order valence-corrected chi connectivity index (χ0v) is 19.6. The molecule has 2 fully saturated rings. The summed E-state index contributed by atoms with van der Waals surface area (Å²) >= 11 is 1.41. The summed E-state index contributed by atoms with van der Waals surface area (Å²) in [5, 5.41) is 5.51. The molecule has 1 aliphatic heterocycles. The largest absolute Gasteiger partial charge is 0.342 e. The lowest BCUT2D eigenvalue weighted by atomic mass is 9.95. The summed E-state index contributed by atoms with van der Waals surface area (Å²) < 4.78 is 15.4. The highest BCUT2D eigenvalue weighted by Gasteiger charge is 2.36. The van der Waals surface area contributed by atoms with Crippen LogP contribution in [0.15, 0.2) is 35.7 Å². The van der Waals surface area contributed by atoms with Crippen LogP contribution in [0.1, 0.15) is 37.1 Å². The Hall–Kier alpha value is -3.00. The molecular formula is C25H27FN4O2S. The molecule has 2 aromatic heterocycles. The molecule has 3 aromatic rings. The number of carbonyl (C=O) groups is 2. The van der Waals surface area contributed by atoms with Crippen LogP contribution in [0.4, 0.5) is 9.52 Å².